The summed E-state index contributed by atoms with van der Waals surface area (Å²) < 4.78 is 27.8. The third-order valence-electron chi connectivity index (χ3n) is 9.88. The van der Waals surface area contributed by atoms with Gasteiger partial charge >= 0.3 is 0 Å². The molecule has 5 atom stereocenters. The van der Waals surface area contributed by atoms with Crippen molar-refractivity contribution in [1.82, 2.24) is 20.4 Å². The van der Waals surface area contributed by atoms with E-state index >= 15 is 0 Å². The van der Waals surface area contributed by atoms with Crippen molar-refractivity contribution >= 4 is 17.7 Å². The molecule has 1 aromatic carbocycles. The van der Waals surface area contributed by atoms with Gasteiger partial charge in [0, 0.05) is 39.4 Å². The first-order valence-electron chi connectivity index (χ1n) is 18.1. The maximum absolute atomic E-state index is 13.9. The standard InChI is InChI=1S/C38H58F2N4O5/c1-5-13-31(37(49)42-32(24-29-16-10-7-11-17-29)35(47)33(45)22-27(2)3)41-36(48)30(23-28-14-8-6-9-15-28)25-34(46)43(4)20-21-44-19-12-18-38(39,40)26-44/h1,6,8-9,14-15,27,29-33,35,45,47H,7,10-13,16-26H2,2-4H3,(H,41,48)(H,42,49)/t30?,31-,32-,33-,35?/m0/s1. The summed E-state index contributed by atoms with van der Waals surface area (Å²) in [4.78, 5) is 44.0. The van der Waals surface area contributed by atoms with Crippen LogP contribution in [0.1, 0.15) is 90.0 Å². The summed E-state index contributed by atoms with van der Waals surface area (Å²) in [6.45, 7) is 4.66. The molecule has 2 fully saturated rings. The number of amides is 3. The van der Waals surface area contributed by atoms with Crippen LogP contribution in [0.25, 0.3) is 0 Å². The minimum atomic E-state index is -2.73. The van der Waals surface area contributed by atoms with Crippen LogP contribution in [-0.4, -0.2) is 101 Å². The van der Waals surface area contributed by atoms with Gasteiger partial charge < -0.3 is 25.7 Å². The predicted octanol–water partition coefficient (Wildman–Crippen LogP) is 4.16. The molecule has 1 aromatic rings. The molecule has 3 amide bonds. The summed E-state index contributed by atoms with van der Waals surface area (Å²) in [5, 5.41) is 27.7. The monoisotopic (exact) mass is 688 g/mol. The normalized spacial score (nSPS) is 20.0. The summed E-state index contributed by atoms with van der Waals surface area (Å²) in [5.74, 6) is -2.04. The van der Waals surface area contributed by atoms with E-state index in [1.54, 1.807) is 11.9 Å². The molecular weight excluding hydrogens is 630 g/mol. The summed E-state index contributed by atoms with van der Waals surface area (Å²) in [5.41, 5.74) is 0.835. The lowest BCUT2D eigenvalue weighted by Crippen LogP contribution is -2.56. The van der Waals surface area contributed by atoms with Gasteiger partial charge in [0.1, 0.15) is 12.1 Å². The van der Waals surface area contributed by atoms with Crippen LogP contribution in [0.4, 0.5) is 8.78 Å². The number of aliphatic hydroxyl groups excluding tert-OH is 2. The number of likely N-dealkylation sites (N-methyl/N-ethyl adjacent to an activating group) is 1. The van der Waals surface area contributed by atoms with Crippen LogP contribution >= 0.6 is 0 Å². The van der Waals surface area contributed by atoms with Gasteiger partial charge in [0.15, 0.2) is 0 Å². The van der Waals surface area contributed by atoms with Gasteiger partial charge in [-0.2, -0.15) is 0 Å². The van der Waals surface area contributed by atoms with Crippen molar-refractivity contribution in [2.45, 2.75) is 121 Å². The first-order valence-corrected chi connectivity index (χ1v) is 18.1. The first-order chi connectivity index (χ1) is 23.3. The van der Waals surface area contributed by atoms with Crippen molar-refractivity contribution in [3.05, 3.63) is 35.9 Å². The van der Waals surface area contributed by atoms with E-state index in [9.17, 15) is 33.4 Å². The number of terminal acetylenes is 1. The van der Waals surface area contributed by atoms with Gasteiger partial charge in [-0.25, -0.2) is 8.78 Å². The van der Waals surface area contributed by atoms with E-state index in [0.717, 1.165) is 37.7 Å². The van der Waals surface area contributed by atoms with Gasteiger partial charge in [-0.1, -0.05) is 76.3 Å². The highest BCUT2D eigenvalue weighted by Crippen LogP contribution is 2.29. The maximum Gasteiger partial charge on any atom is 0.260 e. The van der Waals surface area contributed by atoms with Crippen LogP contribution in [0.15, 0.2) is 30.3 Å². The van der Waals surface area contributed by atoms with Crippen LogP contribution in [0.2, 0.25) is 0 Å². The van der Waals surface area contributed by atoms with Crippen molar-refractivity contribution in [3.8, 4) is 12.3 Å². The van der Waals surface area contributed by atoms with Gasteiger partial charge in [-0.3, -0.25) is 19.3 Å². The summed E-state index contributed by atoms with van der Waals surface area (Å²) in [6, 6.07) is 7.40. The number of halogens is 2. The van der Waals surface area contributed by atoms with Gasteiger partial charge in [-0.05, 0) is 49.6 Å². The van der Waals surface area contributed by atoms with E-state index < -0.39 is 47.9 Å². The fourth-order valence-corrected chi connectivity index (χ4v) is 7.03. The number of likely N-dealkylation sites (tertiary alicyclic amines) is 1. The molecule has 0 spiro atoms. The van der Waals surface area contributed by atoms with E-state index in [2.05, 4.69) is 16.6 Å². The molecule has 11 heteroatoms. The Morgan fingerprint density at radius 2 is 1.76 bits per heavy atom. The zero-order chi connectivity index (χ0) is 36.0. The number of nitrogens with one attached hydrogen (secondary N) is 2. The van der Waals surface area contributed by atoms with Gasteiger partial charge in [-0.15, -0.1) is 12.3 Å². The highest BCUT2D eigenvalue weighted by molar-refractivity contribution is 5.91. The molecule has 0 bridgehead atoms. The predicted molar refractivity (Wildman–Crippen MR) is 186 cm³/mol. The zero-order valence-electron chi connectivity index (χ0n) is 29.6. The molecule has 1 heterocycles. The van der Waals surface area contributed by atoms with Gasteiger partial charge in [0.25, 0.3) is 5.92 Å². The maximum atomic E-state index is 13.9. The number of carbonyl (C=O) groups excluding carboxylic acids is 3. The SMILES string of the molecule is C#CC[C@H](NC(=O)C(CC(=O)N(C)CCN1CCCC(F)(F)C1)Cc1ccccc1)C(=O)N[C@@H](CC1CCCCC1)C(O)[C@@H](O)CC(C)C. The third-order valence-corrected chi connectivity index (χ3v) is 9.88. The van der Waals surface area contributed by atoms with Crippen molar-refractivity contribution in [2.24, 2.45) is 17.8 Å². The second-order valence-electron chi connectivity index (χ2n) is 14.7. The van der Waals surface area contributed by atoms with Crippen LogP contribution in [0.3, 0.4) is 0 Å². The first kappa shape index (κ1) is 40.4. The Bertz CT molecular complexity index is 1220. The van der Waals surface area contributed by atoms with Crippen molar-refractivity contribution in [3.63, 3.8) is 0 Å². The molecule has 1 saturated carbocycles. The molecule has 0 radical (unpaired) electrons. The highest BCUT2D eigenvalue weighted by Gasteiger charge is 2.36. The highest BCUT2D eigenvalue weighted by atomic mass is 19.3. The Morgan fingerprint density at radius 1 is 1.06 bits per heavy atom. The minimum absolute atomic E-state index is 0.106. The Morgan fingerprint density at radius 3 is 2.39 bits per heavy atom. The number of hydrogen-bond acceptors (Lipinski definition) is 6. The average Bonchev–Trinajstić information content (AvgIpc) is 3.06. The Kier molecular flexibility index (Phi) is 16.4. The van der Waals surface area contributed by atoms with Crippen molar-refractivity contribution in [2.75, 3.05) is 33.2 Å². The van der Waals surface area contributed by atoms with Crippen LogP contribution in [0.5, 0.6) is 0 Å². The topological polar surface area (TPSA) is 122 Å². The Balaban J connectivity index is 1.71. The third kappa shape index (κ3) is 14.0. The Hall–Kier alpha value is -3.07. The van der Waals surface area contributed by atoms with Crippen LogP contribution in [-0.2, 0) is 20.8 Å². The van der Waals surface area contributed by atoms with Crippen LogP contribution < -0.4 is 10.6 Å². The molecule has 1 aliphatic heterocycles. The van der Waals surface area contributed by atoms with Crippen molar-refractivity contribution in [1.29, 1.82) is 0 Å². The van der Waals surface area contributed by atoms with E-state index in [-0.39, 0.29) is 50.6 Å². The fraction of sp³-hybridized carbons (Fsp3) is 0.711. The molecule has 2 aliphatic rings. The van der Waals surface area contributed by atoms with E-state index in [0.29, 0.717) is 38.3 Å². The van der Waals surface area contributed by atoms with E-state index in [1.807, 2.05) is 44.2 Å². The lowest BCUT2D eigenvalue weighted by atomic mass is 9.82. The zero-order valence-corrected chi connectivity index (χ0v) is 29.6. The van der Waals surface area contributed by atoms with Crippen molar-refractivity contribution < 1.29 is 33.4 Å². The second kappa shape index (κ2) is 19.9. The summed E-state index contributed by atoms with van der Waals surface area (Å²) >= 11 is 0. The van der Waals surface area contributed by atoms with Gasteiger partial charge in [0.05, 0.1) is 24.6 Å². The fourth-order valence-electron chi connectivity index (χ4n) is 7.03. The lowest BCUT2D eigenvalue weighted by molar-refractivity contribution is -0.137. The molecule has 3 rings (SSSR count). The molecule has 4 N–H and O–H groups in total. The number of carbonyl (C=O) groups is 3. The number of nitrogens with zero attached hydrogens (tertiary/aromatic N) is 2. The van der Waals surface area contributed by atoms with E-state index in [1.165, 1.54) is 4.90 Å². The Labute approximate surface area is 291 Å². The number of aliphatic hydroxyl groups is 2. The van der Waals surface area contributed by atoms with Crippen LogP contribution in [0, 0.1) is 30.1 Å². The molecule has 1 aliphatic carbocycles. The molecule has 274 valence electrons. The second-order valence-corrected chi connectivity index (χ2v) is 14.7. The summed E-state index contributed by atoms with van der Waals surface area (Å²) in [6.07, 6.45) is 9.82. The molecule has 2 unspecified atom stereocenters. The summed E-state index contributed by atoms with van der Waals surface area (Å²) in [7, 11) is 1.60. The number of hydrogen-bond donors (Lipinski definition) is 4. The van der Waals surface area contributed by atoms with E-state index in [4.69, 9.17) is 6.42 Å². The molecule has 49 heavy (non-hydrogen) atoms. The molecule has 0 aromatic heterocycles. The average molecular weight is 689 g/mol. The number of rotatable bonds is 18. The van der Waals surface area contributed by atoms with Gasteiger partial charge in [0.2, 0.25) is 17.7 Å². The smallest absolute Gasteiger partial charge is 0.260 e. The molecule has 9 nitrogen and oxygen atoms in total. The largest absolute Gasteiger partial charge is 0.390 e. The number of piperidine rings is 1. The minimum Gasteiger partial charge on any atom is -0.390 e. The lowest BCUT2D eigenvalue weighted by Gasteiger charge is -2.34. The molecular formula is C38H58F2N4O5. The molecule has 1 saturated heterocycles. The number of benzene rings is 1. The quantitative estimate of drug-likeness (QED) is 0.172. The number of alkyl halides is 2.